The minimum atomic E-state index is -1.48. The first kappa shape index (κ1) is 19.8. The zero-order valence-corrected chi connectivity index (χ0v) is 13.0. The van der Waals surface area contributed by atoms with E-state index in [4.69, 9.17) is 4.74 Å². The van der Waals surface area contributed by atoms with Gasteiger partial charge in [-0.25, -0.2) is 4.79 Å². The molecule has 0 heterocycles. The van der Waals surface area contributed by atoms with Crippen LogP contribution in [0.3, 0.4) is 0 Å². The number of esters is 2. The molecule has 22 heavy (non-hydrogen) atoms. The molecule has 126 valence electrons. The summed E-state index contributed by atoms with van der Waals surface area (Å²) in [6.45, 7) is 2.97. The monoisotopic (exact) mass is 319 g/mol. The van der Waals surface area contributed by atoms with Crippen LogP contribution in [0.15, 0.2) is 0 Å². The van der Waals surface area contributed by atoms with Crippen molar-refractivity contribution in [3.05, 3.63) is 0 Å². The van der Waals surface area contributed by atoms with E-state index in [9.17, 15) is 24.3 Å². The van der Waals surface area contributed by atoms with Crippen molar-refractivity contribution in [1.82, 2.24) is 5.32 Å². The molecular formula is C13H21NO8. The van der Waals surface area contributed by atoms with Gasteiger partial charge in [0.2, 0.25) is 5.91 Å². The Labute approximate surface area is 127 Å². The highest BCUT2D eigenvalue weighted by Crippen LogP contribution is 2.19. The van der Waals surface area contributed by atoms with E-state index in [0.717, 1.165) is 14.2 Å². The van der Waals surface area contributed by atoms with Crippen LogP contribution < -0.4 is 5.32 Å². The van der Waals surface area contributed by atoms with E-state index in [2.05, 4.69) is 14.8 Å². The molecule has 0 radical (unpaired) electrons. The second-order valence-corrected chi connectivity index (χ2v) is 4.40. The molecule has 0 aromatic carbocycles. The lowest BCUT2D eigenvalue weighted by atomic mass is 9.87. The Bertz CT molecular complexity index is 406. The van der Waals surface area contributed by atoms with Crippen LogP contribution in [0.2, 0.25) is 0 Å². The van der Waals surface area contributed by atoms with Crippen molar-refractivity contribution in [3.8, 4) is 0 Å². The molecule has 9 nitrogen and oxygen atoms in total. The van der Waals surface area contributed by atoms with Gasteiger partial charge in [0.15, 0.2) is 5.92 Å². The second kappa shape index (κ2) is 9.72. The summed E-state index contributed by atoms with van der Waals surface area (Å²) in [6, 6.07) is -1.48. The topological polar surface area (TPSA) is 128 Å². The quantitative estimate of drug-likeness (QED) is 0.417. The molecule has 0 unspecified atom stereocenters. The third-order valence-electron chi connectivity index (χ3n) is 2.98. The summed E-state index contributed by atoms with van der Waals surface area (Å²) in [5, 5.41) is 11.4. The van der Waals surface area contributed by atoms with E-state index >= 15 is 0 Å². The molecular weight excluding hydrogens is 298 g/mol. The maximum Gasteiger partial charge on any atom is 0.326 e. The summed E-state index contributed by atoms with van der Waals surface area (Å²) in [4.78, 5) is 46.3. The molecule has 0 fully saturated rings. The first-order valence-electron chi connectivity index (χ1n) is 6.55. The molecule has 0 spiro atoms. The Balaban J connectivity index is 5.19. The van der Waals surface area contributed by atoms with E-state index in [0.29, 0.717) is 0 Å². The van der Waals surface area contributed by atoms with Crippen molar-refractivity contribution < 1.29 is 38.5 Å². The number of carboxylic acids is 1. The summed E-state index contributed by atoms with van der Waals surface area (Å²) in [6.07, 6.45) is 0. The normalized spacial score (nSPS) is 13.1. The second-order valence-electron chi connectivity index (χ2n) is 4.40. The zero-order valence-electron chi connectivity index (χ0n) is 13.0. The summed E-state index contributed by atoms with van der Waals surface area (Å²) in [5.74, 6) is -6.49. The van der Waals surface area contributed by atoms with Crippen molar-refractivity contribution >= 4 is 23.8 Å². The average molecular weight is 319 g/mol. The largest absolute Gasteiger partial charge is 0.480 e. The van der Waals surface area contributed by atoms with Gasteiger partial charge in [-0.1, -0.05) is 6.92 Å². The predicted octanol–water partition coefficient (Wildman–Crippen LogP) is -0.809. The van der Waals surface area contributed by atoms with Crippen LogP contribution in [0, 0.1) is 11.8 Å². The van der Waals surface area contributed by atoms with Crippen molar-refractivity contribution in [1.29, 1.82) is 0 Å². The van der Waals surface area contributed by atoms with Gasteiger partial charge in [0.05, 0.1) is 14.2 Å². The highest BCUT2D eigenvalue weighted by molar-refractivity contribution is 5.96. The number of nitrogens with one attached hydrogen (secondary N) is 1. The number of carboxylic acid groups (broad SMARTS) is 1. The van der Waals surface area contributed by atoms with E-state index in [1.54, 1.807) is 6.92 Å². The molecule has 0 aliphatic rings. The summed E-state index contributed by atoms with van der Waals surface area (Å²) in [7, 11) is 2.13. The fraction of sp³-hybridized carbons (Fsp3) is 0.692. The third kappa shape index (κ3) is 5.68. The molecule has 0 saturated heterocycles. The Morgan fingerprint density at radius 2 is 1.59 bits per heavy atom. The third-order valence-corrected chi connectivity index (χ3v) is 2.98. The number of carbonyl (C=O) groups is 4. The summed E-state index contributed by atoms with van der Waals surface area (Å²) >= 11 is 0. The molecule has 2 atom stereocenters. The number of carbonyl (C=O) groups excluding carboxylic acids is 3. The van der Waals surface area contributed by atoms with Crippen LogP contribution in [-0.4, -0.2) is 62.4 Å². The van der Waals surface area contributed by atoms with Crippen LogP contribution in [-0.2, 0) is 33.4 Å². The van der Waals surface area contributed by atoms with Gasteiger partial charge in [0.1, 0.15) is 12.6 Å². The maximum atomic E-state index is 11.7. The average Bonchev–Trinajstić information content (AvgIpc) is 2.49. The number of ether oxygens (including phenoxy) is 3. The lowest BCUT2D eigenvalue weighted by Crippen LogP contribution is -2.51. The number of amides is 1. The van der Waals surface area contributed by atoms with Crippen LogP contribution in [0.4, 0.5) is 0 Å². The lowest BCUT2D eigenvalue weighted by Gasteiger charge is -2.25. The van der Waals surface area contributed by atoms with Gasteiger partial charge in [-0.05, 0) is 6.92 Å². The Kier molecular flexibility index (Phi) is 8.76. The molecule has 0 saturated carbocycles. The van der Waals surface area contributed by atoms with E-state index in [1.807, 2.05) is 0 Å². The number of methoxy groups -OCH3 is 2. The maximum absolute atomic E-state index is 11.7. The predicted molar refractivity (Wildman–Crippen MR) is 72.7 cm³/mol. The van der Waals surface area contributed by atoms with Crippen LogP contribution >= 0.6 is 0 Å². The van der Waals surface area contributed by atoms with Gasteiger partial charge in [-0.3, -0.25) is 14.4 Å². The van der Waals surface area contributed by atoms with Gasteiger partial charge >= 0.3 is 17.9 Å². The standard InChI is InChI=1S/C13H21NO8/c1-5-22-6-8(15)14-10(11(16)17)7(2)9(12(18)20-3)13(19)21-4/h7,9-10H,5-6H2,1-4H3,(H,14,15)(H,16,17)/t7-,10+/m0/s1. The summed E-state index contributed by atoms with van der Waals surface area (Å²) in [5.41, 5.74) is 0. The zero-order chi connectivity index (χ0) is 17.3. The lowest BCUT2D eigenvalue weighted by molar-refractivity contribution is -0.163. The first-order chi connectivity index (χ1) is 10.3. The molecule has 0 aromatic heterocycles. The van der Waals surface area contributed by atoms with Gasteiger partial charge < -0.3 is 24.6 Å². The van der Waals surface area contributed by atoms with Crippen molar-refractivity contribution in [2.75, 3.05) is 27.4 Å². The minimum absolute atomic E-state index is 0.285. The van der Waals surface area contributed by atoms with Crippen LogP contribution in [0.1, 0.15) is 13.8 Å². The van der Waals surface area contributed by atoms with Crippen molar-refractivity contribution in [2.24, 2.45) is 11.8 Å². The fourth-order valence-electron chi connectivity index (χ4n) is 1.80. The Hall–Kier alpha value is -2.16. The van der Waals surface area contributed by atoms with E-state index < -0.39 is 41.7 Å². The van der Waals surface area contributed by atoms with Crippen molar-refractivity contribution in [3.63, 3.8) is 0 Å². The molecule has 0 aromatic rings. The van der Waals surface area contributed by atoms with Gasteiger partial charge in [-0.2, -0.15) is 0 Å². The molecule has 1 amide bonds. The van der Waals surface area contributed by atoms with Crippen molar-refractivity contribution in [2.45, 2.75) is 19.9 Å². The molecule has 2 N–H and O–H groups in total. The molecule has 0 bridgehead atoms. The number of hydrogen-bond donors (Lipinski definition) is 2. The summed E-state index contributed by atoms with van der Waals surface area (Å²) < 4.78 is 13.8. The highest BCUT2D eigenvalue weighted by atomic mass is 16.5. The van der Waals surface area contributed by atoms with Gasteiger partial charge in [0, 0.05) is 12.5 Å². The molecule has 0 aliphatic carbocycles. The van der Waals surface area contributed by atoms with Crippen LogP contribution in [0.5, 0.6) is 0 Å². The first-order valence-corrected chi connectivity index (χ1v) is 6.55. The number of hydrogen-bond acceptors (Lipinski definition) is 7. The molecule has 0 aliphatic heterocycles. The molecule has 0 rings (SSSR count). The van der Waals surface area contributed by atoms with E-state index in [1.165, 1.54) is 6.92 Å². The fourth-order valence-corrected chi connectivity index (χ4v) is 1.80. The SMILES string of the molecule is CCOCC(=O)N[C@@H](C(=O)O)[C@@H](C)C(C(=O)OC)C(=O)OC. The van der Waals surface area contributed by atoms with Crippen LogP contribution in [0.25, 0.3) is 0 Å². The van der Waals surface area contributed by atoms with Gasteiger partial charge in [-0.15, -0.1) is 0 Å². The van der Waals surface area contributed by atoms with E-state index in [-0.39, 0.29) is 13.2 Å². The molecule has 9 heteroatoms. The number of rotatable bonds is 9. The Morgan fingerprint density at radius 1 is 1.09 bits per heavy atom. The smallest absolute Gasteiger partial charge is 0.326 e. The minimum Gasteiger partial charge on any atom is -0.480 e. The van der Waals surface area contributed by atoms with Gasteiger partial charge in [0.25, 0.3) is 0 Å². The Morgan fingerprint density at radius 3 is 1.95 bits per heavy atom. The number of aliphatic carboxylic acids is 1. The highest BCUT2D eigenvalue weighted by Gasteiger charge is 2.41.